The lowest BCUT2D eigenvalue weighted by Gasteiger charge is -2.44. The number of hydrogen-bond donors (Lipinski definition) is 1. The zero-order chi connectivity index (χ0) is 28.7. The summed E-state index contributed by atoms with van der Waals surface area (Å²) < 4.78 is 48.9. The number of nitrogens with two attached hydrogens (primary N) is 1. The monoisotopic (exact) mass is 557 g/mol. The molecule has 1 amide bonds. The molecule has 3 heterocycles. The van der Waals surface area contributed by atoms with Crippen LogP contribution in [0.5, 0.6) is 5.75 Å². The van der Waals surface area contributed by atoms with Crippen LogP contribution in [-0.2, 0) is 24.2 Å². The average Bonchev–Trinajstić information content (AvgIpc) is 3.29. The highest BCUT2D eigenvalue weighted by Crippen LogP contribution is 2.44. The number of hydrogen-bond acceptors (Lipinski definition) is 5. The van der Waals surface area contributed by atoms with Gasteiger partial charge in [-0.2, -0.15) is 18.3 Å². The van der Waals surface area contributed by atoms with E-state index < -0.39 is 17.5 Å². The number of amides is 1. The number of benzene rings is 1. The number of ether oxygens (including phenoxy) is 1. The van der Waals surface area contributed by atoms with Gasteiger partial charge in [0.2, 0.25) is 5.91 Å². The summed E-state index contributed by atoms with van der Waals surface area (Å²) in [4.78, 5) is 19.7. The van der Waals surface area contributed by atoms with E-state index >= 15 is 0 Å². The summed E-state index contributed by atoms with van der Waals surface area (Å²) in [5.41, 5.74) is 7.94. The van der Waals surface area contributed by atoms with E-state index in [9.17, 15) is 18.0 Å². The maximum Gasteiger partial charge on any atom is 0.393 e. The Morgan fingerprint density at radius 3 is 2.42 bits per heavy atom. The molecule has 2 N–H and O–H groups in total. The second kappa shape index (κ2) is 10.7. The van der Waals surface area contributed by atoms with Gasteiger partial charge in [0.1, 0.15) is 5.75 Å². The predicted molar refractivity (Wildman–Crippen MR) is 146 cm³/mol. The average molecular weight is 558 g/mol. The van der Waals surface area contributed by atoms with Gasteiger partial charge in [0.25, 0.3) is 0 Å². The van der Waals surface area contributed by atoms with Crippen LogP contribution < -0.4 is 10.5 Å². The Morgan fingerprint density at radius 2 is 1.77 bits per heavy atom. The quantitative estimate of drug-likeness (QED) is 0.424. The van der Waals surface area contributed by atoms with E-state index in [4.69, 9.17) is 15.5 Å². The van der Waals surface area contributed by atoms with Crippen molar-refractivity contribution in [1.29, 1.82) is 0 Å². The molecule has 40 heavy (non-hydrogen) atoms. The first kappa shape index (κ1) is 28.4. The Kier molecular flexibility index (Phi) is 7.58. The van der Waals surface area contributed by atoms with E-state index in [1.165, 1.54) is 4.90 Å². The summed E-state index contributed by atoms with van der Waals surface area (Å²) in [7, 11) is 1.55. The number of carbonyl (C=O) groups excluding carboxylic acids is 1. The van der Waals surface area contributed by atoms with E-state index in [0.717, 1.165) is 36.9 Å². The fourth-order valence-electron chi connectivity index (χ4n) is 6.31. The fraction of sp³-hybridized carbons (Fsp3) is 0.567. The summed E-state index contributed by atoms with van der Waals surface area (Å²) in [5.74, 6) is -0.578. The van der Waals surface area contributed by atoms with Crippen molar-refractivity contribution >= 4 is 11.6 Å². The molecule has 2 aromatic heterocycles. The van der Waals surface area contributed by atoms with Gasteiger partial charge in [0.05, 0.1) is 36.0 Å². The molecule has 2 aliphatic rings. The lowest BCUT2D eigenvalue weighted by molar-refractivity contribution is -0.202. The molecule has 0 bridgehead atoms. The molecule has 2 atom stereocenters. The summed E-state index contributed by atoms with van der Waals surface area (Å²) in [6.07, 6.45) is 2.03. The number of fused-ring (bicyclic) bond motifs is 1. The maximum atomic E-state index is 14.0. The molecule has 0 spiro atoms. The minimum atomic E-state index is -4.41. The van der Waals surface area contributed by atoms with Crippen molar-refractivity contribution in [2.75, 3.05) is 13.7 Å². The molecule has 2 fully saturated rings. The minimum absolute atomic E-state index is 0.0969. The fourth-order valence-corrected chi connectivity index (χ4v) is 6.31. The van der Waals surface area contributed by atoms with Crippen molar-refractivity contribution < 1.29 is 22.7 Å². The van der Waals surface area contributed by atoms with Gasteiger partial charge in [-0.25, -0.2) is 9.50 Å². The van der Waals surface area contributed by atoms with Gasteiger partial charge in [0, 0.05) is 31.5 Å². The number of nitrogens with zero attached hydrogens (tertiary/aromatic N) is 4. The number of likely N-dealkylation sites (tertiary alicyclic amines) is 1. The van der Waals surface area contributed by atoms with Crippen LogP contribution in [0.1, 0.15) is 62.9 Å². The SMILES string of the molecule is COc1ccc(CN2C[C@H](C(F)(F)F)C[C@](C)(Cc3ccc4nc(CC5(N)CCC(C)CC5)cn4n3)C2=O)cc1. The molecule has 1 saturated heterocycles. The molecule has 1 aromatic carbocycles. The van der Waals surface area contributed by atoms with Gasteiger partial charge in [-0.1, -0.05) is 26.0 Å². The molecule has 1 saturated carbocycles. The van der Waals surface area contributed by atoms with E-state index in [0.29, 0.717) is 29.4 Å². The summed E-state index contributed by atoms with van der Waals surface area (Å²) >= 11 is 0. The Bertz CT molecular complexity index is 1350. The molecule has 1 aliphatic carbocycles. The lowest BCUT2D eigenvalue weighted by atomic mass is 9.72. The molecular weight excluding hydrogens is 519 g/mol. The minimum Gasteiger partial charge on any atom is -0.497 e. The van der Waals surface area contributed by atoms with E-state index in [2.05, 4.69) is 12.0 Å². The molecule has 216 valence electrons. The number of carbonyl (C=O) groups is 1. The zero-order valence-corrected chi connectivity index (χ0v) is 23.4. The number of imidazole rings is 1. The van der Waals surface area contributed by atoms with Crippen LogP contribution in [-0.4, -0.2) is 50.8 Å². The first-order valence-corrected chi connectivity index (χ1v) is 14.0. The first-order chi connectivity index (χ1) is 18.9. The Balaban J connectivity index is 1.36. The number of rotatable bonds is 7. The largest absolute Gasteiger partial charge is 0.497 e. The van der Waals surface area contributed by atoms with Crippen LogP contribution in [0.2, 0.25) is 0 Å². The Hall–Kier alpha value is -3.14. The van der Waals surface area contributed by atoms with Gasteiger partial charge in [-0.3, -0.25) is 4.79 Å². The van der Waals surface area contributed by atoms with E-state index in [-0.39, 0.29) is 37.4 Å². The Morgan fingerprint density at radius 1 is 1.07 bits per heavy atom. The van der Waals surface area contributed by atoms with Crippen molar-refractivity contribution in [3.63, 3.8) is 0 Å². The summed E-state index contributed by atoms with van der Waals surface area (Å²) in [6.45, 7) is 3.62. The molecule has 0 unspecified atom stereocenters. The van der Waals surface area contributed by atoms with Crippen molar-refractivity contribution in [3.8, 4) is 5.75 Å². The van der Waals surface area contributed by atoms with Gasteiger partial charge in [-0.15, -0.1) is 0 Å². The highest BCUT2D eigenvalue weighted by atomic mass is 19.4. The predicted octanol–water partition coefficient (Wildman–Crippen LogP) is 5.35. The third-order valence-corrected chi connectivity index (χ3v) is 8.74. The maximum absolute atomic E-state index is 14.0. The second-order valence-electron chi connectivity index (χ2n) is 12.3. The third kappa shape index (κ3) is 6.11. The molecule has 7 nitrogen and oxygen atoms in total. The number of halogens is 3. The van der Waals surface area contributed by atoms with Crippen LogP contribution in [0.25, 0.3) is 5.65 Å². The van der Waals surface area contributed by atoms with Gasteiger partial charge in [0.15, 0.2) is 5.65 Å². The number of alkyl halides is 3. The van der Waals surface area contributed by atoms with Crippen LogP contribution >= 0.6 is 0 Å². The highest BCUT2D eigenvalue weighted by Gasteiger charge is 2.52. The number of methoxy groups -OCH3 is 1. The molecule has 5 rings (SSSR count). The summed E-state index contributed by atoms with van der Waals surface area (Å²) in [5, 5.41) is 4.66. The molecular formula is C30H38F3N5O2. The molecule has 0 radical (unpaired) electrons. The molecule has 10 heteroatoms. The van der Waals surface area contributed by atoms with Crippen molar-refractivity contribution in [2.45, 2.75) is 77.1 Å². The smallest absolute Gasteiger partial charge is 0.393 e. The number of piperidine rings is 1. The molecule has 1 aliphatic heterocycles. The van der Waals surface area contributed by atoms with Gasteiger partial charge >= 0.3 is 6.18 Å². The van der Waals surface area contributed by atoms with Crippen molar-refractivity contribution in [1.82, 2.24) is 19.5 Å². The van der Waals surface area contributed by atoms with Crippen LogP contribution in [0.15, 0.2) is 42.6 Å². The normalized spacial score (nSPS) is 27.8. The van der Waals surface area contributed by atoms with Crippen LogP contribution in [0.3, 0.4) is 0 Å². The third-order valence-electron chi connectivity index (χ3n) is 8.74. The van der Waals surface area contributed by atoms with Crippen molar-refractivity contribution in [2.24, 2.45) is 23.0 Å². The molecule has 3 aromatic rings. The lowest BCUT2D eigenvalue weighted by Crippen LogP contribution is -2.54. The van der Waals surface area contributed by atoms with E-state index in [1.54, 1.807) is 48.9 Å². The van der Waals surface area contributed by atoms with Crippen LogP contribution in [0.4, 0.5) is 13.2 Å². The highest BCUT2D eigenvalue weighted by molar-refractivity contribution is 5.83. The standard InChI is InChI=1S/C30H38F3N5O2/c1-20-10-12-29(34,13-11-20)16-24-19-38-26(35-24)9-6-23(36-38)15-28(2)14-22(30(31,32)33)18-37(27(28)39)17-21-4-7-25(40-3)8-5-21/h4-9,19-20,22H,10-18,34H2,1-3H3/t20?,22-,28-,29?/m1/s1. The first-order valence-electron chi connectivity index (χ1n) is 14.0. The summed E-state index contributed by atoms with van der Waals surface area (Å²) in [6, 6.07) is 10.6. The van der Waals surface area contributed by atoms with Crippen LogP contribution in [0, 0.1) is 17.3 Å². The zero-order valence-electron chi connectivity index (χ0n) is 23.4. The topological polar surface area (TPSA) is 85.8 Å². The van der Waals surface area contributed by atoms with Crippen molar-refractivity contribution in [3.05, 3.63) is 59.5 Å². The van der Waals surface area contributed by atoms with E-state index in [1.807, 2.05) is 12.3 Å². The van der Waals surface area contributed by atoms with Gasteiger partial charge in [-0.05, 0) is 67.9 Å². The Labute approximate surface area is 232 Å². The number of aromatic nitrogens is 3. The van der Waals surface area contributed by atoms with Gasteiger partial charge < -0.3 is 15.4 Å². The second-order valence-corrected chi connectivity index (χ2v) is 12.3.